The molecule has 1 aromatic carbocycles. The molecular formula is C13H15BrN2. The van der Waals surface area contributed by atoms with Gasteiger partial charge in [-0.05, 0) is 30.2 Å². The van der Waals surface area contributed by atoms with E-state index < -0.39 is 0 Å². The molecule has 0 spiro atoms. The van der Waals surface area contributed by atoms with Crippen molar-refractivity contribution in [1.29, 1.82) is 0 Å². The van der Waals surface area contributed by atoms with Crippen LogP contribution in [-0.4, -0.2) is 4.98 Å². The Morgan fingerprint density at radius 2 is 2.19 bits per heavy atom. The number of H-pyrrole nitrogens is 1. The quantitative estimate of drug-likeness (QED) is 0.871. The van der Waals surface area contributed by atoms with Crippen LogP contribution in [0.3, 0.4) is 0 Å². The molecule has 0 saturated carbocycles. The van der Waals surface area contributed by atoms with Crippen molar-refractivity contribution >= 4 is 21.6 Å². The normalized spacial score (nSPS) is 10.4. The van der Waals surface area contributed by atoms with Gasteiger partial charge in [0.25, 0.3) is 0 Å². The molecular weight excluding hydrogens is 264 g/mol. The summed E-state index contributed by atoms with van der Waals surface area (Å²) in [5.74, 6) is 0. The largest absolute Gasteiger partial charge is 0.380 e. The SMILES string of the molecule is CCc1[nH]ccc1NCc1cccc(Br)c1. The predicted molar refractivity (Wildman–Crippen MR) is 71.6 cm³/mol. The predicted octanol–water partition coefficient (Wildman–Crippen LogP) is 3.95. The Hall–Kier alpha value is -1.22. The Labute approximate surface area is 104 Å². The van der Waals surface area contributed by atoms with Crippen LogP contribution in [0.15, 0.2) is 41.0 Å². The van der Waals surface area contributed by atoms with Crippen LogP contribution in [0.5, 0.6) is 0 Å². The summed E-state index contributed by atoms with van der Waals surface area (Å²) in [6.07, 6.45) is 3.00. The second kappa shape index (κ2) is 5.21. The van der Waals surface area contributed by atoms with Crippen LogP contribution in [0.25, 0.3) is 0 Å². The first-order chi connectivity index (χ1) is 7.79. The van der Waals surface area contributed by atoms with Gasteiger partial charge in [0, 0.05) is 22.9 Å². The number of aryl methyl sites for hydroxylation is 1. The maximum Gasteiger partial charge on any atom is 0.0553 e. The highest BCUT2D eigenvalue weighted by Crippen LogP contribution is 2.17. The van der Waals surface area contributed by atoms with Crippen molar-refractivity contribution in [3.05, 3.63) is 52.3 Å². The minimum atomic E-state index is 0.851. The van der Waals surface area contributed by atoms with Gasteiger partial charge in [0.05, 0.1) is 5.69 Å². The Balaban J connectivity index is 2.02. The molecule has 0 unspecified atom stereocenters. The maximum absolute atomic E-state index is 3.48. The van der Waals surface area contributed by atoms with Gasteiger partial charge in [-0.3, -0.25) is 0 Å². The molecule has 0 bridgehead atoms. The molecule has 0 aliphatic carbocycles. The maximum atomic E-state index is 3.48. The van der Waals surface area contributed by atoms with Crippen molar-refractivity contribution in [3.8, 4) is 0 Å². The number of rotatable bonds is 4. The van der Waals surface area contributed by atoms with E-state index in [4.69, 9.17) is 0 Å². The zero-order valence-electron chi connectivity index (χ0n) is 9.26. The molecule has 0 fully saturated rings. The third-order valence-electron chi connectivity index (χ3n) is 2.56. The second-order valence-corrected chi connectivity index (χ2v) is 4.62. The van der Waals surface area contributed by atoms with Gasteiger partial charge in [-0.1, -0.05) is 35.0 Å². The molecule has 0 aliphatic rings. The third kappa shape index (κ3) is 2.67. The molecule has 0 saturated heterocycles. The molecule has 2 nitrogen and oxygen atoms in total. The van der Waals surface area contributed by atoms with Crippen LogP contribution in [0.4, 0.5) is 5.69 Å². The highest BCUT2D eigenvalue weighted by Gasteiger charge is 2.00. The zero-order chi connectivity index (χ0) is 11.4. The molecule has 0 amide bonds. The summed E-state index contributed by atoms with van der Waals surface area (Å²) in [4.78, 5) is 3.23. The summed E-state index contributed by atoms with van der Waals surface area (Å²) in [6.45, 7) is 3.00. The average Bonchev–Trinajstić information content (AvgIpc) is 2.74. The molecule has 0 atom stereocenters. The van der Waals surface area contributed by atoms with Crippen LogP contribution in [-0.2, 0) is 13.0 Å². The summed E-state index contributed by atoms with van der Waals surface area (Å²) < 4.78 is 1.12. The van der Waals surface area contributed by atoms with Crippen molar-refractivity contribution in [1.82, 2.24) is 4.98 Å². The number of aromatic nitrogens is 1. The van der Waals surface area contributed by atoms with E-state index in [9.17, 15) is 0 Å². The first-order valence-corrected chi connectivity index (χ1v) is 6.23. The fourth-order valence-electron chi connectivity index (χ4n) is 1.71. The van der Waals surface area contributed by atoms with Gasteiger partial charge < -0.3 is 10.3 Å². The van der Waals surface area contributed by atoms with Crippen molar-refractivity contribution < 1.29 is 0 Å². The lowest BCUT2D eigenvalue weighted by Crippen LogP contribution is -2.00. The fraction of sp³-hybridized carbons (Fsp3) is 0.231. The van der Waals surface area contributed by atoms with Gasteiger partial charge >= 0.3 is 0 Å². The number of hydrogen-bond acceptors (Lipinski definition) is 1. The number of benzene rings is 1. The van der Waals surface area contributed by atoms with E-state index in [1.165, 1.54) is 16.9 Å². The average molecular weight is 279 g/mol. The standard InChI is InChI=1S/C13H15BrN2/c1-2-12-13(6-7-15-12)16-9-10-4-3-5-11(14)8-10/h3-8,15-16H,2,9H2,1H3. The van der Waals surface area contributed by atoms with Gasteiger partial charge in [0.15, 0.2) is 0 Å². The van der Waals surface area contributed by atoms with Crippen molar-refractivity contribution in [2.75, 3.05) is 5.32 Å². The van der Waals surface area contributed by atoms with Gasteiger partial charge in [-0.15, -0.1) is 0 Å². The van der Waals surface area contributed by atoms with Gasteiger partial charge in [-0.25, -0.2) is 0 Å². The molecule has 16 heavy (non-hydrogen) atoms. The van der Waals surface area contributed by atoms with Crippen LogP contribution >= 0.6 is 15.9 Å². The summed E-state index contributed by atoms with van der Waals surface area (Å²) >= 11 is 3.48. The van der Waals surface area contributed by atoms with Gasteiger partial charge in [0.2, 0.25) is 0 Å². The number of hydrogen-bond donors (Lipinski definition) is 2. The number of nitrogens with one attached hydrogen (secondary N) is 2. The Morgan fingerprint density at radius 3 is 2.94 bits per heavy atom. The lowest BCUT2D eigenvalue weighted by Gasteiger charge is -2.07. The van der Waals surface area contributed by atoms with Crippen LogP contribution < -0.4 is 5.32 Å². The van der Waals surface area contributed by atoms with E-state index in [1.807, 2.05) is 12.3 Å². The number of halogens is 1. The monoisotopic (exact) mass is 278 g/mol. The van der Waals surface area contributed by atoms with E-state index in [1.54, 1.807) is 0 Å². The molecule has 1 aromatic heterocycles. The summed E-state index contributed by atoms with van der Waals surface area (Å²) in [5.41, 5.74) is 3.73. The molecule has 3 heteroatoms. The Morgan fingerprint density at radius 1 is 1.31 bits per heavy atom. The lowest BCUT2D eigenvalue weighted by molar-refractivity contribution is 1.05. The summed E-state index contributed by atoms with van der Waals surface area (Å²) in [7, 11) is 0. The van der Waals surface area contributed by atoms with E-state index >= 15 is 0 Å². The van der Waals surface area contributed by atoms with Crippen LogP contribution in [0, 0.1) is 0 Å². The minimum absolute atomic E-state index is 0.851. The third-order valence-corrected chi connectivity index (χ3v) is 3.05. The number of aromatic amines is 1. The van der Waals surface area contributed by atoms with E-state index in [2.05, 4.69) is 57.4 Å². The molecule has 2 aromatic rings. The fourth-order valence-corrected chi connectivity index (χ4v) is 2.15. The highest BCUT2D eigenvalue weighted by molar-refractivity contribution is 9.10. The van der Waals surface area contributed by atoms with Gasteiger partial charge in [0.1, 0.15) is 0 Å². The van der Waals surface area contributed by atoms with Crippen LogP contribution in [0.2, 0.25) is 0 Å². The smallest absolute Gasteiger partial charge is 0.0553 e. The molecule has 0 radical (unpaired) electrons. The highest BCUT2D eigenvalue weighted by atomic mass is 79.9. The first-order valence-electron chi connectivity index (χ1n) is 5.44. The zero-order valence-corrected chi connectivity index (χ0v) is 10.8. The Bertz CT molecular complexity index is 462. The molecule has 1 heterocycles. The van der Waals surface area contributed by atoms with E-state index in [0.29, 0.717) is 0 Å². The van der Waals surface area contributed by atoms with Crippen LogP contribution in [0.1, 0.15) is 18.2 Å². The second-order valence-electron chi connectivity index (χ2n) is 3.71. The van der Waals surface area contributed by atoms with Crippen molar-refractivity contribution in [2.45, 2.75) is 19.9 Å². The van der Waals surface area contributed by atoms with Crippen molar-refractivity contribution in [2.24, 2.45) is 0 Å². The molecule has 0 aliphatic heterocycles. The minimum Gasteiger partial charge on any atom is -0.380 e. The van der Waals surface area contributed by atoms with E-state index in [0.717, 1.165) is 17.4 Å². The summed E-state index contributed by atoms with van der Waals surface area (Å²) in [6, 6.07) is 10.4. The topological polar surface area (TPSA) is 27.8 Å². The first kappa shape index (κ1) is 11.3. The summed E-state index contributed by atoms with van der Waals surface area (Å²) in [5, 5.41) is 3.44. The Kier molecular flexibility index (Phi) is 3.67. The van der Waals surface area contributed by atoms with E-state index in [-0.39, 0.29) is 0 Å². The number of anilines is 1. The molecule has 2 rings (SSSR count). The van der Waals surface area contributed by atoms with Crippen molar-refractivity contribution in [3.63, 3.8) is 0 Å². The van der Waals surface area contributed by atoms with Gasteiger partial charge in [-0.2, -0.15) is 0 Å². The molecule has 2 N–H and O–H groups in total. The molecule has 84 valence electrons. The lowest BCUT2D eigenvalue weighted by atomic mass is 10.2.